The first-order valence-corrected chi connectivity index (χ1v) is 11.0. The van der Waals surface area contributed by atoms with Crippen molar-refractivity contribution in [1.82, 2.24) is 19.5 Å². The lowest BCUT2D eigenvalue weighted by Gasteiger charge is -2.19. The Kier molecular flexibility index (Phi) is 4.60. The largest absolute Gasteiger partial charge is 0.390 e. The highest BCUT2D eigenvalue weighted by Gasteiger charge is 2.42. The molecule has 3 aromatic heterocycles. The monoisotopic (exact) mass is 431 g/mol. The van der Waals surface area contributed by atoms with Crippen LogP contribution in [0.1, 0.15) is 35.7 Å². The van der Waals surface area contributed by atoms with E-state index in [1.807, 2.05) is 16.8 Å². The molecule has 6 rings (SSSR count). The van der Waals surface area contributed by atoms with Crippen LogP contribution in [0, 0.1) is 5.92 Å². The molecule has 0 unspecified atom stereocenters. The van der Waals surface area contributed by atoms with Gasteiger partial charge >= 0.3 is 0 Å². The molecule has 0 saturated heterocycles. The molecule has 1 aromatic carbocycles. The third-order valence-electron chi connectivity index (χ3n) is 7.02. The fourth-order valence-electron chi connectivity index (χ4n) is 5.23. The first-order chi connectivity index (χ1) is 15.6. The van der Waals surface area contributed by atoms with Gasteiger partial charge < -0.3 is 25.3 Å². The first kappa shape index (κ1) is 19.6. The van der Waals surface area contributed by atoms with E-state index in [-0.39, 0.29) is 12.0 Å². The van der Waals surface area contributed by atoms with Gasteiger partial charge in [0.25, 0.3) is 0 Å². The maximum absolute atomic E-state index is 10.8. The topological polar surface area (TPSA) is 119 Å². The van der Waals surface area contributed by atoms with Gasteiger partial charge in [0.1, 0.15) is 23.9 Å². The number of nitrogen functional groups attached to an aromatic ring is 1. The van der Waals surface area contributed by atoms with Crippen LogP contribution in [0.25, 0.3) is 21.9 Å². The minimum atomic E-state index is -0.854. The molecule has 4 N–H and O–H groups in total. The second-order valence-electron chi connectivity index (χ2n) is 8.92. The lowest BCUT2D eigenvalue weighted by atomic mass is 9.95. The van der Waals surface area contributed by atoms with Gasteiger partial charge in [0.15, 0.2) is 0 Å². The normalized spacial score (nSPS) is 25.1. The average molecular weight is 431 g/mol. The number of benzene rings is 1. The van der Waals surface area contributed by atoms with E-state index >= 15 is 0 Å². The van der Waals surface area contributed by atoms with Crippen LogP contribution < -0.4 is 5.73 Å². The molecule has 164 valence electrons. The number of aryl methyl sites for hydroxylation is 1. The number of hydrogen-bond acceptors (Lipinski definition) is 7. The molecule has 4 atom stereocenters. The maximum atomic E-state index is 10.8. The number of nitrogens with zero attached hydrogens (tertiary/aromatic N) is 4. The zero-order valence-electron chi connectivity index (χ0n) is 17.6. The van der Waals surface area contributed by atoms with Crippen molar-refractivity contribution in [2.75, 3.05) is 5.73 Å². The molecule has 1 aliphatic heterocycles. The number of nitrogens with two attached hydrogens (primary N) is 1. The average Bonchev–Trinajstić information content (AvgIpc) is 3.50. The van der Waals surface area contributed by atoms with E-state index in [0.717, 1.165) is 34.8 Å². The van der Waals surface area contributed by atoms with Gasteiger partial charge in [0.05, 0.1) is 42.0 Å². The maximum Gasteiger partial charge on any atom is 0.145 e. The number of anilines is 1. The van der Waals surface area contributed by atoms with E-state index in [4.69, 9.17) is 15.5 Å². The number of hydrogen-bond donors (Lipinski definition) is 3. The number of aliphatic hydroxyl groups excluding tert-OH is 2. The minimum Gasteiger partial charge on any atom is -0.390 e. The summed E-state index contributed by atoms with van der Waals surface area (Å²) in [5, 5.41) is 23.4. The van der Waals surface area contributed by atoms with Crippen LogP contribution in [0.3, 0.4) is 0 Å². The first-order valence-electron chi connectivity index (χ1n) is 11.0. The van der Waals surface area contributed by atoms with Gasteiger partial charge in [0.2, 0.25) is 0 Å². The van der Waals surface area contributed by atoms with Crippen LogP contribution in [0.15, 0.2) is 42.9 Å². The molecule has 2 aliphatic rings. The molecule has 1 aliphatic carbocycles. The second kappa shape index (κ2) is 7.51. The molecule has 8 heteroatoms. The van der Waals surface area contributed by atoms with Gasteiger partial charge in [-0.05, 0) is 48.9 Å². The Balaban J connectivity index is 1.20. The third-order valence-corrected chi connectivity index (χ3v) is 7.02. The molecular weight excluding hydrogens is 406 g/mol. The Bertz CT molecular complexity index is 1320. The number of ether oxygens (including phenoxy) is 1. The summed E-state index contributed by atoms with van der Waals surface area (Å²) in [6.07, 6.45) is 3.93. The van der Waals surface area contributed by atoms with E-state index in [0.29, 0.717) is 31.1 Å². The molecule has 4 aromatic rings. The number of aliphatic hydroxyl groups is 2. The van der Waals surface area contributed by atoms with Gasteiger partial charge in [-0.2, -0.15) is 0 Å². The van der Waals surface area contributed by atoms with Gasteiger partial charge in [-0.15, -0.1) is 0 Å². The van der Waals surface area contributed by atoms with Gasteiger partial charge in [-0.3, -0.25) is 0 Å². The molecule has 32 heavy (non-hydrogen) atoms. The smallest absolute Gasteiger partial charge is 0.145 e. The Labute approximate surface area is 184 Å². The van der Waals surface area contributed by atoms with Crippen molar-refractivity contribution in [2.45, 2.75) is 50.7 Å². The van der Waals surface area contributed by atoms with Crippen LogP contribution >= 0.6 is 0 Å². The second-order valence-corrected chi connectivity index (χ2v) is 8.92. The highest BCUT2D eigenvalue weighted by atomic mass is 16.5. The van der Waals surface area contributed by atoms with Gasteiger partial charge in [0, 0.05) is 17.1 Å². The van der Waals surface area contributed by atoms with E-state index in [2.05, 4.69) is 34.2 Å². The standard InChI is InChI=1S/C24H25N5O3/c25-23-17-5-6-29(24(17)27-12-26-23)20-9-15(21(30)22(20)31)4-2-13-1-3-14-8-16-10-32-11-19(16)28-18(14)7-13/h1,3,5-8,12,15,20-22,30-31H,2,4,9-11H2,(H2,25,26,27)/t15-,20+,21+,22-/m0/s1. The van der Waals surface area contributed by atoms with Crippen molar-refractivity contribution in [3.63, 3.8) is 0 Å². The van der Waals surface area contributed by atoms with Crippen molar-refractivity contribution in [2.24, 2.45) is 5.92 Å². The van der Waals surface area contributed by atoms with Crippen LogP contribution in [-0.2, 0) is 24.4 Å². The van der Waals surface area contributed by atoms with Crippen molar-refractivity contribution < 1.29 is 14.9 Å². The summed E-state index contributed by atoms with van der Waals surface area (Å²) in [4.78, 5) is 13.1. The van der Waals surface area contributed by atoms with Crippen LogP contribution in [0.4, 0.5) is 5.82 Å². The van der Waals surface area contributed by atoms with E-state index < -0.39 is 12.2 Å². The van der Waals surface area contributed by atoms with Gasteiger partial charge in [-0.1, -0.05) is 12.1 Å². The highest BCUT2D eigenvalue weighted by molar-refractivity contribution is 5.86. The van der Waals surface area contributed by atoms with Crippen molar-refractivity contribution >= 4 is 27.8 Å². The molecule has 0 amide bonds. The lowest BCUT2D eigenvalue weighted by Crippen LogP contribution is -2.29. The van der Waals surface area contributed by atoms with E-state index in [1.54, 1.807) is 0 Å². The summed E-state index contributed by atoms with van der Waals surface area (Å²) in [6.45, 7) is 1.21. The summed E-state index contributed by atoms with van der Waals surface area (Å²) in [6, 6.07) is 10.1. The fraction of sp³-hybridized carbons (Fsp3) is 0.375. The molecule has 0 radical (unpaired) electrons. The van der Waals surface area contributed by atoms with E-state index in [9.17, 15) is 10.2 Å². The quantitative estimate of drug-likeness (QED) is 0.454. The van der Waals surface area contributed by atoms with Crippen molar-refractivity contribution in [1.29, 1.82) is 0 Å². The number of pyridine rings is 1. The Hall–Kier alpha value is -3.07. The summed E-state index contributed by atoms with van der Waals surface area (Å²) in [7, 11) is 0. The van der Waals surface area contributed by atoms with Crippen LogP contribution in [0.2, 0.25) is 0 Å². The molecule has 8 nitrogen and oxygen atoms in total. The predicted octanol–water partition coefficient (Wildman–Crippen LogP) is 2.51. The summed E-state index contributed by atoms with van der Waals surface area (Å²) in [5.74, 6) is 0.407. The Morgan fingerprint density at radius 3 is 2.91 bits per heavy atom. The van der Waals surface area contributed by atoms with Crippen LogP contribution in [-0.4, -0.2) is 41.9 Å². The summed E-state index contributed by atoms with van der Waals surface area (Å²) < 4.78 is 7.42. The molecule has 0 spiro atoms. The molecule has 4 heterocycles. The van der Waals surface area contributed by atoms with E-state index in [1.165, 1.54) is 17.5 Å². The minimum absolute atomic E-state index is 0.0105. The number of rotatable bonds is 4. The zero-order valence-corrected chi connectivity index (χ0v) is 17.6. The molecule has 1 saturated carbocycles. The highest BCUT2D eigenvalue weighted by Crippen LogP contribution is 2.39. The Morgan fingerprint density at radius 2 is 2.00 bits per heavy atom. The predicted molar refractivity (Wildman–Crippen MR) is 120 cm³/mol. The third kappa shape index (κ3) is 3.14. The number of fused-ring (bicyclic) bond motifs is 3. The lowest BCUT2D eigenvalue weighted by molar-refractivity contribution is 0.00545. The fourth-order valence-corrected chi connectivity index (χ4v) is 5.23. The van der Waals surface area contributed by atoms with Crippen molar-refractivity contribution in [3.05, 3.63) is 59.7 Å². The summed E-state index contributed by atoms with van der Waals surface area (Å²) in [5.41, 5.74) is 11.0. The van der Waals surface area contributed by atoms with Crippen molar-refractivity contribution in [3.8, 4) is 0 Å². The molecule has 0 bridgehead atoms. The molecule has 1 fully saturated rings. The van der Waals surface area contributed by atoms with Gasteiger partial charge in [-0.25, -0.2) is 15.0 Å². The van der Waals surface area contributed by atoms with Crippen LogP contribution in [0.5, 0.6) is 0 Å². The summed E-state index contributed by atoms with van der Waals surface area (Å²) >= 11 is 0. The number of aromatic nitrogens is 4. The molecular formula is C24H25N5O3. The zero-order chi connectivity index (χ0) is 21.8. The Morgan fingerprint density at radius 1 is 1.09 bits per heavy atom. The SMILES string of the molecule is Nc1ncnc2c1ccn2[C@@H]1C[C@H](CCc2ccc3cc4c(nc3c2)COC4)[C@@H](O)[C@H]1O.